The molecule has 0 bridgehead atoms. The molecule has 186 valence electrons. The van der Waals surface area contributed by atoms with Crippen LogP contribution in [0.3, 0.4) is 0 Å². The summed E-state index contributed by atoms with van der Waals surface area (Å²) in [6, 6.07) is 20.6. The van der Waals surface area contributed by atoms with E-state index in [4.69, 9.17) is 4.74 Å². The average molecular weight is 493 g/mol. The Morgan fingerprint density at radius 3 is 1.56 bits per heavy atom. The maximum absolute atomic E-state index is 15.0. The summed E-state index contributed by atoms with van der Waals surface area (Å²) in [6.07, 6.45) is 2.72. The van der Waals surface area contributed by atoms with Gasteiger partial charge < -0.3 is 4.74 Å². The van der Waals surface area contributed by atoms with Crippen LogP contribution in [-0.4, -0.2) is 6.61 Å². The highest BCUT2D eigenvalue weighted by molar-refractivity contribution is 5.72. The molecule has 0 saturated carbocycles. The molecule has 0 heterocycles. The minimum absolute atomic E-state index is 0.100. The van der Waals surface area contributed by atoms with Gasteiger partial charge in [-0.1, -0.05) is 80.1 Å². The highest BCUT2D eigenvalue weighted by atomic mass is 19.2. The molecule has 0 saturated heterocycles. The van der Waals surface area contributed by atoms with Crippen LogP contribution in [0, 0.1) is 23.3 Å². The van der Waals surface area contributed by atoms with Crippen LogP contribution in [0.15, 0.2) is 72.8 Å². The van der Waals surface area contributed by atoms with E-state index in [-0.39, 0.29) is 29.0 Å². The molecule has 0 amide bonds. The average Bonchev–Trinajstić information content (AvgIpc) is 2.89. The smallest absolute Gasteiger partial charge is 0.200 e. The molecule has 0 N–H and O–H groups in total. The molecule has 0 aliphatic heterocycles. The molecule has 4 aromatic carbocycles. The largest absolute Gasteiger partial charge is 0.491 e. The van der Waals surface area contributed by atoms with E-state index in [2.05, 4.69) is 6.92 Å². The van der Waals surface area contributed by atoms with E-state index >= 15 is 4.39 Å². The van der Waals surface area contributed by atoms with E-state index in [0.717, 1.165) is 24.0 Å². The van der Waals surface area contributed by atoms with E-state index in [1.807, 2.05) is 24.3 Å². The monoisotopic (exact) mass is 492 g/mol. The van der Waals surface area contributed by atoms with Gasteiger partial charge in [0, 0.05) is 11.1 Å². The topological polar surface area (TPSA) is 9.23 Å². The van der Waals surface area contributed by atoms with Crippen molar-refractivity contribution in [3.8, 4) is 28.0 Å². The number of ether oxygens (including phenoxy) is 1. The highest BCUT2D eigenvalue weighted by Crippen LogP contribution is 2.32. The Labute approximate surface area is 209 Å². The molecule has 0 aromatic heterocycles. The molecule has 1 nitrogen and oxygen atoms in total. The third-order valence-electron chi connectivity index (χ3n) is 6.26. The van der Waals surface area contributed by atoms with E-state index < -0.39 is 23.3 Å². The third kappa shape index (κ3) is 5.46. The lowest BCUT2D eigenvalue weighted by atomic mass is 9.96. The first kappa shape index (κ1) is 25.5. The molecular weight excluding hydrogens is 464 g/mol. The molecule has 0 fully saturated rings. The molecule has 0 atom stereocenters. The standard InChI is InChI=1S/C31H28F4O/c1-3-5-20-6-11-22(12-7-20)25-17-18-26(30(34)29(25)33)23-13-8-21(9-14-23)10-15-24-16-19-27(36-4-2)31(35)28(24)32/h6-9,11-14,16-19H,3-5,10,15H2,1-2H3. The van der Waals surface area contributed by atoms with Crippen LogP contribution in [0.2, 0.25) is 0 Å². The van der Waals surface area contributed by atoms with Gasteiger partial charge in [-0.25, -0.2) is 13.2 Å². The van der Waals surface area contributed by atoms with Crippen molar-refractivity contribution in [1.82, 2.24) is 0 Å². The van der Waals surface area contributed by atoms with Crippen molar-refractivity contribution in [3.63, 3.8) is 0 Å². The van der Waals surface area contributed by atoms with Crippen molar-refractivity contribution in [3.05, 3.63) is 113 Å². The lowest BCUT2D eigenvalue weighted by molar-refractivity contribution is 0.313. The summed E-state index contributed by atoms with van der Waals surface area (Å²) >= 11 is 0. The van der Waals surface area contributed by atoms with Crippen LogP contribution < -0.4 is 4.74 Å². The Kier molecular flexibility index (Phi) is 8.09. The van der Waals surface area contributed by atoms with Crippen molar-refractivity contribution < 1.29 is 22.3 Å². The zero-order valence-electron chi connectivity index (χ0n) is 20.4. The summed E-state index contributed by atoms with van der Waals surface area (Å²) in [4.78, 5) is 0. The zero-order valence-corrected chi connectivity index (χ0v) is 20.4. The van der Waals surface area contributed by atoms with Gasteiger partial charge in [-0.2, -0.15) is 4.39 Å². The van der Waals surface area contributed by atoms with Gasteiger partial charge in [0.05, 0.1) is 6.61 Å². The summed E-state index contributed by atoms with van der Waals surface area (Å²) in [7, 11) is 0. The number of hydrogen-bond acceptors (Lipinski definition) is 1. The molecular formula is C31H28F4O. The predicted molar refractivity (Wildman–Crippen MR) is 136 cm³/mol. The summed E-state index contributed by atoms with van der Waals surface area (Å²) in [5.41, 5.74) is 3.85. The minimum atomic E-state index is -0.984. The first-order chi connectivity index (χ1) is 17.4. The SMILES string of the molecule is CCCc1ccc(-c2ccc(-c3ccc(CCc4ccc(OCC)c(F)c4F)cc3)c(F)c2F)cc1. The quantitative estimate of drug-likeness (QED) is 0.212. The number of rotatable bonds is 9. The van der Waals surface area contributed by atoms with E-state index in [9.17, 15) is 13.2 Å². The minimum Gasteiger partial charge on any atom is -0.491 e. The third-order valence-corrected chi connectivity index (χ3v) is 6.26. The van der Waals surface area contributed by atoms with E-state index in [1.165, 1.54) is 12.1 Å². The predicted octanol–water partition coefficient (Wildman–Crippen LogP) is 8.71. The van der Waals surface area contributed by atoms with Crippen LogP contribution in [0.4, 0.5) is 17.6 Å². The first-order valence-electron chi connectivity index (χ1n) is 12.2. The second-order valence-electron chi connectivity index (χ2n) is 8.72. The van der Waals surface area contributed by atoms with Crippen LogP contribution in [0.5, 0.6) is 5.75 Å². The van der Waals surface area contributed by atoms with Gasteiger partial charge in [0.15, 0.2) is 23.2 Å². The second-order valence-corrected chi connectivity index (χ2v) is 8.72. The van der Waals surface area contributed by atoms with Crippen LogP contribution in [0.25, 0.3) is 22.3 Å². The maximum atomic E-state index is 15.0. The van der Waals surface area contributed by atoms with Gasteiger partial charge in [0.25, 0.3) is 0 Å². The summed E-state index contributed by atoms with van der Waals surface area (Å²) in [5, 5.41) is 0. The fraction of sp³-hybridized carbons (Fsp3) is 0.226. The molecule has 4 rings (SSSR count). The number of aryl methyl sites for hydroxylation is 3. The Bertz CT molecular complexity index is 1330. The molecule has 0 spiro atoms. The van der Waals surface area contributed by atoms with Crippen molar-refractivity contribution in [2.45, 2.75) is 39.5 Å². The second kappa shape index (κ2) is 11.4. The summed E-state index contributed by atoms with van der Waals surface area (Å²) in [6.45, 7) is 4.05. The molecule has 4 aromatic rings. The van der Waals surface area contributed by atoms with Gasteiger partial charge in [-0.15, -0.1) is 0 Å². The summed E-state index contributed by atoms with van der Waals surface area (Å²) in [5.74, 6) is -3.77. The number of halogens is 4. The van der Waals surface area contributed by atoms with E-state index in [0.29, 0.717) is 24.0 Å². The maximum Gasteiger partial charge on any atom is 0.200 e. The lowest BCUT2D eigenvalue weighted by Gasteiger charge is -2.11. The van der Waals surface area contributed by atoms with Crippen LogP contribution in [-0.2, 0) is 19.3 Å². The fourth-order valence-corrected chi connectivity index (χ4v) is 4.30. The van der Waals surface area contributed by atoms with Gasteiger partial charge in [0.2, 0.25) is 5.82 Å². The fourth-order valence-electron chi connectivity index (χ4n) is 4.30. The Morgan fingerprint density at radius 1 is 0.528 bits per heavy atom. The number of hydrogen-bond donors (Lipinski definition) is 0. The Balaban J connectivity index is 1.49. The number of benzene rings is 4. The molecule has 0 aliphatic rings. The van der Waals surface area contributed by atoms with Crippen molar-refractivity contribution >= 4 is 0 Å². The molecule has 5 heteroatoms. The lowest BCUT2D eigenvalue weighted by Crippen LogP contribution is -2.02. The summed E-state index contributed by atoms with van der Waals surface area (Å²) < 4.78 is 63.5. The van der Waals surface area contributed by atoms with Crippen LogP contribution in [0.1, 0.15) is 37.0 Å². The molecule has 36 heavy (non-hydrogen) atoms. The molecule has 0 unspecified atom stereocenters. The van der Waals surface area contributed by atoms with Gasteiger partial charge in [0.1, 0.15) is 0 Å². The Hall–Kier alpha value is -3.60. The van der Waals surface area contributed by atoms with Crippen LogP contribution >= 0.6 is 0 Å². The van der Waals surface area contributed by atoms with E-state index in [1.54, 1.807) is 43.3 Å². The van der Waals surface area contributed by atoms with Crippen molar-refractivity contribution in [2.75, 3.05) is 6.61 Å². The van der Waals surface area contributed by atoms with Crippen molar-refractivity contribution in [2.24, 2.45) is 0 Å². The van der Waals surface area contributed by atoms with Gasteiger partial charge in [-0.05, 0) is 60.1 Å². The Morgan fingerprint density at radius 2 is 1.06 bits per heavy atom. The highest BCUT2D eigenvalue weighted by Gasteiger charge is 2.17. The zero-order chi connectivity index (χ0) is 25.7. The van der Waals surface area contributed by atoms with Gasteiger partial charge in [-0.3, -0.25) is 0 Å². The first-order valence-corrected chi connectivity index (χ1v) is 12.2. The van der Waals surface area contributed by atoms with Gasteiger partial charge >= 0.3 is 0 Å². The molecule has 0 aliphatic carbocycles. The molecule has 0 radical (unpaired) electrons. The van der Waals surface area contributed by atoms with Crippen molar-refractivity contribution in [1.29, 1.82) is 0 Å². The normalized spacial score (nSPS) is 11.1.